The maximum Gasteiger partial charge on any atom is 0.219 e. The number of hydrogen-bond donors (Lipinski definition) is 2. The molecule has 3 nitrogen and oxygen atoms in total. The first-order valence-corrected chi connectivity index (χ1v) is 4.97. The van der Waals surface area contributed by atoms with E-state index in [2.05, 4.69) is 22.6 Å². The van der Waals surface area contributed by atoms with Gasteiger partial charge in [0.25, 0.3) is 0 Å². The Morgan fingerprint density at radius 3 is 2.77 bits per heavy atom. The Bertz CT molecular complexity index is 314. The van der Waals surface area contributed by atoms with Crippen molar-refractivity contribution in [2.45, 2.75) is 12.5 Å². The van der Waals surface area contributed by atoms with Gasteiger partial charge in [0.05, 0.1) is 0 Å². The molecule has 1 rings (SSSR count). The highest BCUT2D eigenvalue weighted by molar-refractivity contribution is 14.1. The summed E-state index contributed by atoms with van der Waals surface area (Å²) in [6.07, 6.45) is 0.195. The monoisotopic (exact) mass is 290 g/mol. The van der Waals surface area contributed by atoms with Crippen LogP contribution >= 0.6 is 22.6 Å². The third-order valence-electron chi connectivity index (χ3n) is 1.70. The van der Waals surface area contributed by atoms with E-state index in [1.165, 1.54) is 0 Å². The van der Waals surface area contributed by atoms with E-state index in [0.29, 0.717) is 0 Å². The summed E-state index contributed by atoms with van der Waals surface area (Å²) in [6.45, 7) is 0. The summed E-state index contributed by atoms with van der Waals surface area (Å²) in [4.78, 5) is 10.6. The van der Waals surface area contributed by atoms with Crippen LogP contribution in [0.4, 0.5) is 0 Å². The maximum absolute atomic E-state index is 10.6. The number of nitrogens with two attached hydrogens (primary N) is 2. The van der Waals surface area contributed by atoms with Crippen molar-refractivity contribution >= 4 is 28.5 Å². The van der Waals surface area contributed by atoms with E-state index in [1.807, 2.05) is 24.3 Å². The molecule has 0 bridgehead atoms. The number of hydrogen-bond acceptors (Lipinski definition) is 2. The summed E-state index contributed by atoms with van der Waals surface area (Å²) in [7, 11) is 0. The predicted octanol–water partition coefficient (Wildman–Crippen LogP) is 1.17. The fourth-order valence-corrected chi connectivity index (χ4v) is 1.64. The van der Waals surface area contributed by atoms with E-state index in [9.17, 15) is 4.79 Å². The molecule has 0 aliphatic carbocycles. The van der Waals surface area contributed by atoms with E-state index in [1.54, 1.807) is 0 Å². The number of amides is 1. The molecule has 0 aliphatic heterocycles. The summed E-state index contributed by atoms with van der Waals surface area (Å²) in [6, 6.07) is 7.45. The molecular weight excluding hydrogens is 279 g/mol. The Labute approximate surface area is 90.6 Å². The number of primary amides is 1. The van der Waals surface area contributed by atoms with Crippen molar-refractivity contribution in [3.05, 3.63) is 33.4 Å². The maximum atomic E-state index is 10.6. The molecule has 1 unspecified atom stereocenters. The summed E-state index contributed by atoms with van der Waals surface area (Å²) in [5.74, 6) is -0.369. The first-order valence-electron chi connectivity index (χ1n) is 3.89. The lowest BCUT2D eigenvalue weighted by atomic mass is 10.1. The minimum atomic E-state index is -0.369. The van der Waals surface area contributed by atoms with Crippen molar-refractivity contribution in [3.8, 4) is 0 Å². The molecule has 0 spiro atoms. The second kappa shape index (κ2) is 4.57. The third-order valence-corrected chi connectivity index (χ3v) is 2.37. The Morgan fingerprint density at radius 2 is 2.23 bits per heavy atom. The molecule has 1 atom stereocenters. The summed E-state index contributed by atoms with van der Waals surface area (Å²) >= 11 is 2.20. The fraction of sp³-hybridized carbons (Fsp3) is 0.222. The van der Waals surface area contributed by atoms with Gasteiger partial charge in [-0.2, -0.15) is 0 Å². The summed E-state index contributed by atoms with van der Waals surface area (Å²) in [5.41, 5.74) is 11.8. The van der Waals surface area contributed by atoms with Crippen molar-refractivity contribution in [3.63, 3.8) is 0 Å². The van der Waals surface area contributed by atoms with Crippen molar-refractivity contribution in [2.75, 3.05) is 0 Å². The summed E-state index contributed by atoms with van der Waals surface area (Å²) in [5, 5.41) is 0. The SMILES string of the molecule is NC(=O)CC(N)c1cccc(I)c1. The van der Waals surface area contributed by atoms with Gasteiger partial charge < -0.3 is 11.5 Å². The van der Waals surface area contributed by atoms with Crippen LogP contribution in [0.15, 0.2) is 24.3 Å². The zero-order chi connectivity index (χ0) is 9.84. The molecule has 0 radical (unpaired) electrons. The molecule has 0 saturated heterocycles. The van der Waals surface area contributed by atoms with Crippen molar-refractivity contribution < 1.29 is 4.79 Å². The third kappa shape index (κ3) is 3.31. The van der Waals surface area contributed by atoms with E-state index in [4.69, 9.17) is 11.5 Å². The van der Waals surface area contributed by atoms with Crippen LogP contribution in [-0.4, -0.2) is 5.91 Å². The van der Waals surface area contributed by atoms with E-state index >= 15 is 0 Å². The Hall–Kier alpha value is -0.620. The number of rotatable bonds is 3. The zero-order valence-electron chi connectivity index (χ0n) is 7.03. The predicted molar refractivity (Wildman–Crippen MR) is 59.9 cm³/mol. The lowest BCUT2D eigenvalue weighted by molar-refractivity contribution is -0.118. The smallest absolute Gasteiger partial charge is 0.219 e. The van der Waals surface area contributed by atoms with Gasteiger partial charge in [-0.25, -0.2) is 0 Å². The van der Waals surface area contributed by atoms with Gasteiger partial charge in [0.15, 0.2) is 0 Å². The van der Waals surface area contributed by atoms with E-state index in [0.717, 1.165) is 9.13 Å². The quantitative estimate of drug-likeness (QED) is 0.820. The zero-order valence-corrected chi connectivity index (χ0v) is 9.19. The van der Waals surface area contributed by atoms with Gasteiger partial charge in [-0.1, -0.05) is 12.1 Å². The minimum absolute atomic E-state index is 0.195. The average molecular weight is 290 g/mol. The van der Waals surface area contributed by atoms with Crippen LogP contribution in [0.2, 0.25) is 0 Å². The van der Waals surface area contributed by atoms with Crippen molar-refractivity contribution in [1.29, 1.82) is 0 Å². The molecule has 0 saturated carbocycles. The van der Waals surface area contributed by atoms with Crippen molar-refractivity contribution in [2.24, 2.45) is 11.5 Å². The fourth-order valence-electron chi connectivity index (χ4n) is 1.07. The number of carbonyl (C=O) groups is 1. The molecular formula is C9H11IN2O. The molecule has 0 aliphatic rings. The van der Waals surface area contributed by atoms with Gasteiger partial charge in [-0.15, -0.1) is 0 Å². The Morgan fingerprint density at radius 1 is 1.54 bits per heavy atom. The second-order valence-corrected chi connectivity index (χ2v) is 4.08. The first-order chi connectivity index (χ1) is 6.09. The van der Waals surface area contributed by atoms with E-state index < -0.39 is 0 Å². The molecule has 0 heterocycles. The number of benzene rings is 1. The molecule has 0 aromatic heterocycles. The Kier molecular flexibility index (Phi) is 3.68. The molecule has 70 valence electrons. The summed E-state index contributed by atoms with van der Waals surface area (Å²) < 4.78 is 1.11. The van der Waals surface area contributed by atoms with Crippen LogP contribution in [0.25, 0.3) is 0 Å². The largest absolute Gasteiger partial charge is 0.370 e. The van der Waals surface area contributed by atoms with Gasteiger partial charge in [0.1, 0.15) is 0 Å². The topological polar surface area (TPSA) is 69.1 Å². The van der Waals surface area contributed by atoms with Crippen LogP contribution in [-0.2, 0) is 4.79 Å². The molecule has 1 aromatic carbocycles. The first kappa shape index (κ1) is 10.5. The lowest BCUT2D eigenvalue weighted by Gasteiger charge is -2.09. The van der Waals surface area contributed by atoms with Crippen LogP contribution in [0, 0.1) is 3.57 Å². The minimum Gasteiger partial charge on any atom is -0.370 e. The molecule has 1 aromatic rings. The van der Waals surface area contributed by atoms with Crippen LogP contribution in [0.3, 0.4) is 0 Å². The van der Waals surface area contributed by atoms with E-state index in [-0.39, 0.29) is 18.4 Å². The van der Waals surface area contributed by atoms with Gasteiger partial charge in [-0.05, 0) is 40.3 Å². The second-order valence-electron chi connectivity index (χ2n) is 2.83. The highest BCUT2D eigenvalue weighted by Crippen LogP contribution is 2.16. The molecule has 1 amide bonds. The normalized spacial score (nSPS) is 12.5. The van der Waals surface area contributed by atoms with Crippen LogP contribution in [0.5, 0.6) is 0 Å². The Balaban J connectivity index is 2.76. The van der Waals surface area contributed by atoms with Gasteiger partial charge in [0.2, 0.25) is 5.91 Å². The number of carbonyl (C=O) groups excluding carboxylic acids is 1. The van der Waals surface area contributed by atoms with Gasteiger partial charge >= 0.3 is 0 Å². The van der Waals surface area contributed by atoms with Crippen LogP contribution in [0.1, 0.15) is 18.0 Å². The molecule has 4 N–H and O–H groups in total. The van der Waals surface area contributed by atoms with Gasteiger partial charge in [0, 0.05) is 16.0 Å². The highest BCUT2D eigenvalue weighted by Gasteiger charge is 2.08. The molecule has 13 heavy (non-hydrogen) atoms. The van der Waals surface area contributed by atoms with Gasteiger partial charge in [-0.3, -0.25) is 4.79 Å². The number of halogens is 1. The van der Waals surface area contributed by atoms with Crippen molar-refractivity contribution in [1.82, 2.24) is 0 Å². The molecule has 4 heteroatoms. The van der Waals surface area contributed by atoms with Crippen LogP contribution < -0.4 is 11.5 Å². The molecule has 0 fully saturated rings. The lowest BCUT2D eigenvalue weighted by Crippen LogP contribution is -2.20. The standard InChI is InChI=1S/C9H11IN2O/c10-7-3-1-2-6(4-7)8(11)5-9(12)13/h1-4,8H,5,11H2,(H2,12,13). The highest BCUT2D eigenvalue weighted by atomic mass is 127. The average Bonchev–Trinajstić information content (AvgIpc) is 2.03.